The maximum Gasteiger partial charge on any atom is 0.344 e. The molecule has 0 atom stereocenters. The summed E-state index contributed by atoms with van der Waals surface area (Å²) >= 11 is 0. The molecule has 0 radical (unpaired) electrons. The fraction of sp³-hybridized carbons (Fsp3) is 0. The SMILES string of the molecule is O=C(NC=C(C(=O)O)C(=O)O)Nc1ccccn1. The van der Waals surface area contributed by atoms with Gasteiger partial charge in [0.1, 0.15) is 5.82 Å². The molecular weight excluding hydrogens is 242 g/mol. The first-order valence-corrected chi connectivity index (χ1v) is 4.66. The number of aromatic nitrogens is 1. The number of carboxylic acids is 2. The predicted octanol–water partition coefficient (Wildman–Crippen LogP) is 0.256. The molecule has 0 unspecified atom stereocenters. The molecule has 94 valence electrons. The molecule has 1 rings (SSSR count). The highest BCUT2D eigenvalue weighted by Crippen LogP contribution is 1.99. The maximum absolute atomic E-state index is 11.3. The summed E-state index contributed by atoms with van der Waals surface area (Å²) in [6.07, 6.45) is 2.04. The van der Waals surface area contributed by atoms with Crippen molar-refractivity contribution in [3.63, 3.8) is 0 Å². The number of amides is 2. The standard InChI is InChI=1S/C10H9N3O5/c14-8(15)6(9(16)17)5-12-10(18)13-7-3-1-2-4-11-7/h1-5H,(H,14,15)(H,16,17)(H2,11,12,13,18). The van der Waals surface area contributed by atoms with Gasteiger partial charge in [0.05, 0.1) is 0 Å². The van der Waals surface area contributed by atoms with E-state index < -0.39 is 23.5 Å². The van der Waals surface area contributed by atoms with Gasteiger partial charge in [-0.05, 0) is 12.1 Å². The molecule has 2 amide bonds. The van der Waals surface area contributed by atoms with Crippen LogP contribution < -0.4 is 10.6 Å². The van der Waals surface area contributed by atoms with Crippen LogP contribution in [0, 0.1) is 0 Å². The summed E-state index contributed by atoms with van der Waals surface area (Å²) in [4.78, 5) is 36.0. The summed E-state index contributed by atoms with van der Waals surface area (Å²) in [5.74, 6) is -3.06. The van der Waals surface area contributed by atoms with Crippen LogP contribution in [-0.2, 0) is 9.59 Å². The number of nitrogens with zero attached hydrogens (tertiary/aromatic N) is 1. The zero-order chi connectivity index (χ0) is 13.5. The number of carboxylic acid groups (broad SMARTS) is 2. The van der Waals surface area contributed by atoms with Crippen LogP contribution in [0.5, 0.6) is 0 Å². The van der Waals surface area contributed by atoms with Gasteiger partial charge >= 0.3 is 18.0 Å². The minimum absolute atomic E-state index is 0.246. The molecule has 0 saturated heterocycles. The Balaban J connectivity index is 2.63. The first-order valence-electron chi connectivity index (χ1n) is 4.66. The van der Waals surface area contributed by atoms with Crippen LogP contribution in [0.25, 0.3) is 0 Å². The second-order valence-corrected chi connectivity index (χ2v) is 2.98. The number of hydrogen-bond donors (Lipinski definition) is 4. The Hall–Kier alpha value is -2.90. The lowest BCUT2D eigenvalue weighted by atomic mass is 10.3. The summed E-state index contributed by atoms with van der Waals surface area (Å²) in [7, 11) is 0. The molecule has 8 heteroatoms. The van der Waals surface area contributed by atoms with Crippen molar-refractivity contribution in [2.24, 2.45) is 0 Å². The number of carbonyl (C=O) groups excluding carboxylic acids is 1. The smallest absolute Gasteiger partial charge is 0.344 e. The van der Waals surface area contributed by atoms with Gasteiger partial charge in [0.2, 0.25) is 0 Å². The van der Waals surface area contributed by atoms with Gasteiger partial charge in [-0.15, -0.1) is 0 Å². The molecule has 8 nitrogen and oxygen atoms in total. The Morgan fingerprint density at radius 3 is 2.33 bits per heavy atom. The van der Waals surface area contributed by atoms with Crippen LogP contribution in [0.1, 0.15) is 0 Å². The van der Waals surface area contributed by atoms with Crippen molar-refractivity contribution in [3.8, 4) is 0 Å². The van der Waals surface area contributed by atoms with E-state index in [1.165, 1.54) is 12.3 Å². The molecule has 0 aromatic carbocycles. The second kappa shape index (κ2) is 5.99. The van der Waals surface area contributed by atoms with Gasteiger partial charge < -0.3 is 15.5 Å². The normalized spacial score (nSPS) is 9.11. The van der Waals surface area contributed by atoms with Crippen LogP contribution in [0.3, 0.4) is 0 Å². The average Bonchev–Trinajstić information content (AvgIpc) is 2.29. The Labute approximate surface area is 101 Å². The van der Waals surface area contributed by atoms with E-state index in [-0.39, 0.29) is 5.82 Å². The Morgan fingerprint density at radius 2 is 1.83 bits per heavy atom. The Morgan fingerprint density at radius 1 is 1.17 bits per heavy atom. The molecule has 0 fully saturated rings. The number of pyridine rings is 1. The van der Waals surface area contributed by atoms with Crippen molar-refractivity contribution in [3.05, 3.63) is 36.2 Å². The van der Waals surface area contributed by atoms with Crippen LogP contribution >= 0.6 is 0 Å². The molecule has 1 aromatic rings. The Kier molecular flexibility index (Phi) is 4.38. The van der Waals surface area contributed by atoms with E-state index in [1.54, 1.807) is 12.1 Å². The van der Waals surface area contributed by atoms with Gasteiger partial charge in [0.15, 0.2) is 5.57 Å². The lowest BCUT2D eigenvalue weighted by molar-refractivity contribution is -0.140. The highest BCUT2D eigenvalue weighted by atomic mass is 16.4. The molecule has 0 bridgehead atoms. The fourth-order valence-corrected chi connectivity index (χ4v) is 0.942. The maximum atomic E-state index is 11.3. The molecule has 0 aliphatic heterocycles. The highest BCUT2D eigenvalue weighted by molar-refractivity contribution is 6.12. The van der Waals surface area contributed by atoms with Crippen LogP contribution in [0.2, 0.25) is 0 Å². The van der Waals surface area contributed by atoms with Gasteiger partial charge in [-0.3, -0.25) is 5.32 Å². The summed E-state index contributed by atoms with van der Waals surface area (Å²) in [6, 6.07) is 4.00. The van der Waals surface area contributed by atoms with Crippen LogP contribution in [0.15, 0.2) is 36.2 Å². The molecule has 0 aliphatic carbocycles. The largest absolute Gasteiger partial charge is 0.477 e. The zero-order valence-electron chi connectivity index (χ0n) is 8.95. The quantitative estimate of drug-likeness (QED) is 0.345. The third kappa shape index (κ3) is 3.93. The number of rotatable bonds is 4. The van der Waals surface area contributed by atoms with E-state index >= 15 is 0 Å². The number of nitrogens with one attached hydrogen (secondary N) is 2. The fourth-order valence-electron chi connectivity index (χ4n) is 0.942. The minimum Gasteiger partial charge on any atom is -0.477 e. The van der Waals surface area contributed by atoms with Crippen LogP contribution in [-0.4, -0.2) is 33.2 Å². The van der Waals surface area contributed by atoms with Gasteiger partial charge in [-0.1, -0.05) is 6.07 Å². The molecule has 4 N–H and O–H groups in total. The van der Waals surface area contributed by atoms with Crippen molar-refractivity contribution in [1.82, 2.24) is 10.3 Å². The molecule has 1 heterocycles. The molecule has 0 saturated carbocycles. The van der Waals surface area contributed by atoms with E-state index in [2.05, 4.69) is 10.3 Å². The van der Waals surface area contributed by atoms with Gasteiger partial charge in [-0.25, -0.2) is 19.4 Å². The van der Waals surface area contributed by atoms with Gasteiger partial charge in [0, 0.05) is 12.4 Å². The molecule has 0 aliphatic rings. The predicted molar refractivity (Wildman–Crippen MR) is 59.7 cm³/mol. The summed E-state index contributed by atoms with van der Waals surface area (Å²) in [5.41, 5.74) is -0.953. The number of anilines is 1. The van der Waals surface area contributed by atoms with E-state index in [1.807, 2.05) is 5.32 Å². The van der Waals surface area contributed by atoms with Gasteiger partial charge in [-0.2, -0.15) is 0 Å². The number of hydrogen-bond acceptors (Lipinski definition) is 4. The van der Waals surface area contributed by atoms with E-state index in [0.717, 1.165) is 0 Å². The lowest BCUT2D eigenvalue weighted by Gasteiger charge is -2.03. The van der Waals surface area contributed by atoms with Crippen LogP contribution in [0.4, 0.5) is 10.6 Å². The van der Waals surface area contributed by atoms with Crippen molar-refractivity contribution in [1.29, 1.82) is 0 Å². The third-order valence-electron chi connectivity index (χ3n) is 1.71. The van der Waals surface area contributed by atoms with Crippen molar-refractivity contribution < 1.29 is 24.6 Å². The number of carbonyl (C=O) groups is 3. The third-order valence-corrected chi connectivity index (χ3v) is 1.71. The topological polar surface area (TPSA) is 129 Å². The highest BCUT2D eigenvalue weighted by Gasteiger charge is 2.16. The van der Waals surface area contributed by atoms with Crippen molar-refractivity contribution >= 4 is 23.8 Å². The van der Waals surface area contributed by atoms with Crippen molar-refractivity contribution in [2.75, 3.05) is 5.32 Å². The van der Waals surface area contributed by atoms with E-state index in [9.17, 15) is 14.4 Å². The zero-order valence-corrected chi connectivity index (χ0v) is 8.95. The molecule has 1 aromatic heterocycles. The first-order chi connectivity index (χ1) is 8.50. The lowest BCUT2D eigenvalue weighted by Crippen LogP contribution is -2.26. The summed E-state index contributed by atoms with van der Waals surface area (Å²) in [5, 5.41) is 21.3. The minimum atomic E-state index is -1.65. The van der Waals surface area contributed by atoms with Gasteiger partial charge in [0.25, 0.3) is 0 Å². The second-order valence-electron chi connectivity index (χ2n) is 2.98. The average molecular weight is 251 g/mol. The first kappa shape index (κ1) is 13.2. The Bertz CT molecular complexity index is 481. The van der Waals surface area contributed by atoms with E-state index in [4.69, 9.17) is 10.2 Å². The monoisotopic (exact) mass is 251 g/mol. The molecule has 0 spiro atoms. The number of urea groups is 1. The molecule has 18 heavy (non-hydrogen) atoms. The van der Waals surface area contributed by atoms with E-state index in [0.29, 0.717) is 6.20 Å². The summed E-state index contributed by atoms with van der Waals surface area (Å²) in [6.45, 7) is 0. The molecular formula is C10H9N3O5. The summed E-state index contributed by atoms with van der Waals surface area (Å²) < 4.78 is 0. The number of aliphatic carboxylic acids is 2. The van der Waals surface area contributed by atoms with Crippen molar-refractivity contribution in [2.45, 2.75) is 0 Å².